The van der Waals surface area contributed by atoms with Crippen molar-refractivity contribution in [3.8, 4) is 5.75 Å². The third-order valence-corrected chi connectivity index (χ3v) is 5.42. The van der Waals surface area contributed by atoms with Gasteiger partial charge in [-0.3, -0.25) is 14.3 Å². The van der Waals surface area contributed by atoms with Crippen molar-refractivity contribution >= 4 is 23.4 Å². The third-order valence-electron chi connectivity index (χ3n) is 5.18. The van der Waals surface area contributed by atoms with E-state index in [0.717, 1.165) is 0 Å². The van der Waals surface area contributed by atoms with Crippen LogP contribution in [0.1, 0.15) is 37.4 Å². The van der Waals surface area contributed by atoms with E-state index in [4.69, 9.17) is 21.1 Å². The molecule has 3 rings (SSSR count). The lowest BCUT2D eigenvalue weighted by Gasteiger charge is -2.34. The highest BCUT2D eigenvalue weighted by Gasteiger charge is 2.40. The van der Waals surface area contributed by atoms with Gasteiger partial charge in [-0.1, -0.05) is 18.2 Å². The molecule has 0 bridgehead atoms. The zero-order chi connectivity index (χ0) is 24.2. The summed E-state index contributed by atoms with van der Waals surface area (Å²) >= 11 is 5.91. The second-order valence-electron chi connectivity index (χ2n) is 7.82. The highest BCUT2D eigenvalue weighted by molar-refractivity contribution is 6.30. The first kappa shape index (κ1) is 25.3. The van der Waals surface area contributed by atoms with Crippen molar-refractivity contribution in [3.63, 3.8) is 0 Å². The smallest absolute Gasteiger partial charge is 0.480 e. The standard InChI is InChI=1S/C21H24ClF3N2O6/c1-11(4-5-26-19(29)10-31-13-7-14(8-13)33-21(23,24)25)27-20(30)18-9-16(28)15-6-12(22)2-3-17(15)32-18/h2-3,6,13-14,16,18,28H,1,4-5,7-10H2,(H,26,29)(H,27,30)/t13-,14+,16-,18-/m1/s1. The Bertz CT molecular complexity index is 891. The van der Waals surface area contributed by atoms with Gasteiger partial charge >= 0.3 is 6.36 Å². The van der Waals surface area contributed by atoms with Crippen LogP contribution in [0.15, 0.2) is 30.5 Å². The van der Waals surface area contributed by atoms with Gasteiger partial charge in [-0.25, -0.2) is 0 Å². The third kappa shape index (κ3) is 7.60. The van der Waals surface area contributed by atoms with E-state index in [1.807, 2.05) is 0 Å². The summed E-state index contributed by atoms with van der Waals surface area (Å²) in [4.78, 5) is 24.2. The molecule has 1 aliphatic carbocycles. The highest BCUT2D eigenvalue weighted by atomic mass is 35.5. The Morgan fingerprint density at radius 2 is 1.97 bits per heavy atom. The van der Waals surface area contributed by atoms with E-state index in [2.05, 4.69) is 21.9 Å². The predicted octanol–water partition coefficient (Wildman–Crippen LogP) is 2.74. The van der Waals surface area contributed by atoms with Crippen LogP contribution in [0.5, 0.6) is 5.75 Å². The number of fused-ring (bicyclic) bond motifs is 1. The molecule has 8 nitrogen and oxygen atoms in total. The van der Waals surface area contributed by atoms with Crippen LogP contribution in [0.2, 0.25) is 5.02 Å². The van der Waals surface area contributed by atoms with Gasteiger partial charge in [-0.05, 0) is 18.2 Å². The number of carbonyl (C=O) groups excluding carboxylic acids is 2. The summed E-state index contributed by atoms with van der Waals surface area (Å²) < 4.78 is 50.9. The summed E-state index contributed by atoms with van der Waals surface area (Å²) in [7, 11) is 0. The Morgan fingerprint density at radius 3 is 2.67 bits per heavy atom. The van der Waals surface area contributed by atoms with E-state index >= 15 is 0 Å². The van der Waals surface area contributed by atoms with Crippen molar-refractivity contribution in [2.75, 3.05) is 13.2 Å². The lowest BCUT2D eigenvalue weighted by Crippen LogP contribution is -2.42. The summed E-state index contributed by atoms with van der Waals surface area (Å²) in [5.74, 6) is -0.544. The Kier molecular flexibility index (Phi) is 8.22. The van der Waals surface area contributed by atoms with Gasteiger partial charge in [0.25, 0.3) is 5.91 Å². The van der Waals surface area contributed by atoms with Gasteiger partial charge in [0.1, 0.15) is 12.4 Å². The van der Waals surface area contributed by atoms with Crippen LogP contribution in [0.4, 0.5) is 13.2 Å². The average Bonchev–Trinajstić information content (AvgIpc) is 2.69. The molecule has 1 heterocycles. The van der Waals surface area contributed by atoms with Crippen LogP contribution in [-0.2, 0) is 19.1 Å². The van der Waals surface area contributed by atoms with E-state index in [9.17, 15) is 27.9 Å². The molecule has 12 heteroatoms. The maximum atomic E-state index is 12.4. The van der Waals surface area contributed by atoms with Crippen molar-refractivity contribution in [1.29, 1.82) is 0 Å². The van der Waals surface area contributed by atoms with Crippen LogP contribution < -0.4 is 15.4 Å². The van der Waals surface area contributed by atoms with Crippen LogP contribution in [0.25, 0.3) is 0 Å². The number of benzene rings is 1. The first-order chi connectivity index (χ1) is 15.5. The molecule has 2 aliphatic rings. The van der Waals surface area contributed by atoms with Gasteiger partial charge in [0.15, 0.2) is 6.10 Å². The van der Waals surface area contributed by atoms with Crippen molar-refractivity contribution in [2.45, 2.75) is 56.5 Å². The molecule has 0 spiro atoms. The molecule has 1 saturated carbocycles. The molecule has 0 saturated heterocycles. The summed E-state index contributed by atoms with van der Waals surface area (Å²) in [5.41, 5.74) is 0.855. The molecular formula is C21H24ClF3N2O6. The van der Waals surface area contributed by atoms with Gasteiger partial charge in [-0.15, -0.1) is 13.2 Å². The number of halogens is 4. The SMILES string of the molecule is C=C(CCNC(=O)CO[C@H]1C[C@@H](OC(F)(F)F)C1)NC(=O)[C@H]1C[C@@H](O)c2cc(Cl)ccc2O1. The lowest BCUT2D eigenvalue weighted by molar-refractivity contribution is -0.357. The zero-order valence-corrected chi connectivity index (χ0v) is 18.2. The fourth-order valence-corrected chi connectivity index (χ4v) is 3.61. The molecule has 0 aromatic heterocycles. The summed E-state index contributed by atoms with van der Waals surface area (Å²) in [5, 5.41) is 15.9. The molecule has 2 atom stereocenters. The van der Waals surface area contributed by atoms with Crippen molar-refractivity contribution in [2.24, 2.45) is 0 Å². The molecule has 1 fully saturated rings. The number of carbonyl (C=O) groups is 2. The molecule has 3 N–H and O–H groups in total. The minimum Gasteiger partial charge on any atom is -0.480 e. The first-order valence-electron chi connectivity index (χ1n) is 10.3. The van der Waals surface area contributed by atoms with Gasteiger partial charge in [0.05, 0.1) is 18.3 Å². The second kappa shape index (κ2) is 10.7. The van der Waals surface area contributed by atoms with Crippen molar-refractivity contribution in [3.05, 3.63) is 41.1 Å². The Balaban J connectivity index is 1.30. The maximum absolute atomic E-state index is 12.4. The van der Waals surface area contributed by atoms with E-state index in [-0.39, 0.29) is 38.8 Å². The topological polar surface area (TPSA) is 106 Å². The Hall–Kier alpha value is -2.34. The van der Waals surface area contributed by atoms with Crippen LogP contribution in [0.3, 0.4) is 0 Å². The molecule has 1 aromatic carbocycles. The normalized spacial score (nSPS) is 24.2. The molecule has 1 aromatic rings. The van der Waals surface area contributed by atoms with E-state index in [1.54, 1.807) is 18.2 Å². The largest absolute Gasteiger partial charge is 0.522 e. The minimum atomic E-state index is -4.67. The monoisotopic (exact) mass is 492 g/mol. The number of aliphatic hydroxyl groups is 1. The summed E-state index contributed by atoms with van der Waals surface area (Å²) in [6.45, 7) is 3.62. The second-order valence-corrected chi connectivity index (χ2v) is 8.26. The number of ether oxygens (including phenoxy) is 3. The van der Waals surface area contributed by atoms with Crippen LogP contribution in [0, 0.1) is 0 Å². The van der Waals surface area contributed by atoms with Gasteiger partial charge in [0, 0.05) is 48.5 Å². The van der Waals surface area contributed by atoms with E-state index in [0.29, 0.717) is 22.0 Å². The van der Waals surface area contributed by atoms with Gasteiger partial charge in [-0.2, -0.15) is 0 Å². The van der Waals surface area contributed by atoms with E-state index < -0.39 is 42.6 Å². The van der Waals surface area contributed by atoms with Crippen LogP contribution in [-0.4, -0.2) is 54.7 Å². The number of amides is 2. The van der Waals surface area contributed by atoms with Crippen LogP contribution >= 0.6 is 11.6 Å². The number of rotatable bonds is 9. The Labute approximate surface area is 193 Å². The lowest BCUT2D eigenvalue weighted by atomic mass is 9.92. The zero-order valence-electron chi connectivity index (χ0n) is 17.5. The predicted molar refractivity (Wildman–Crippen MR) is 110 cm³/mol. The maximum Gasteiger partial charge on any atom is 0.522 e. The fraction of sp³-hybridized carbons (Fsp3) is 0.524. The molecular weight excluding hydrogens is 469 g/mol. The minimum absolute atomic E-state index is 0.0521. The number of aliphatic hydroxyl groups excluding tert-OH is 1. The molecule has 33 heavy (non-hydrogen) atoms. The van der Waals surface area contributed by atoms with Crippen molar-refractivity contribution < 1.29 is 42.1 Å². The van der Waals surface area contributed by atoms with Gasteiger partial charge in [0.2, 0.25) is 5.91 Å². The average molecular weight is 493 g/mol. The van der Waals surface area contributed by atoms with Gasteiger partial charge < -0.3 is 25.2 Å². The molecule has 0 radical (unpaired) electrons. The molecule has 1 aliphatic heterocycles. The van der Waals surface area contributed by atoms with Crippen molar-refractivity contribution in [1.82, 2.24) is 10.6 Å². The summed E-state index contributed by atoms with van der Waals surface area (Å²) in [6, 6.07) is 4.76. The van der Waals surface area contributed by atoms with E-state index in [1.165, 1.54) is 0 Å². The highest BCUT2D eigenvalue weighted by Crippen LogP contribution is 2.36. The molecule has 182 valence electrons. The number of hydrogen-bond acceptors (Lipinski definition) is 6. The number of alkyl halides is 3. The first-order valence-corrected chi connectivity index (χ1v) is 10.6. The Morgan fingerprint density at radius 1 is 1.24 bits per heavy atom. The molecule has 0 unspecified atom stereocenters. The fourth-order valence-electron chi connectivity index (χ4n) is 3.43. The number of nitrogens with one attached hydrogen (secondary N) is 2. The number of hydrogen-bond donors (Lipinski definition) is 3. The summed E-state index contributed by atoms with van der Waals surface area (Å²) in [6.07, 6.45) is -7.44. The quantitative estimate of drug-likeness (QED) is 0.489. The molecule has 2 amide bonds.